The average Bonchev–Trinajstić information content (AvgIpc) is 3.16. The fourth-order valence-electron chi connectivity index (χ4n) is 4.04. The van der Waals surface area contributed by atoms with Gasteiger partial charge in [-0.25, -0.2) is 9.67 Å². The summed E-state index contributed by atoms with van der Waals surface area (Å²) in [5.74, 6) is 1.75. The molecule has 2 aliphatic rings. The van der Waals surface area contributed by atoms with E-state index in [1.807, 2.05) is 0 Å². The lowest BCUT2D eigenvalue weighted by molar-refractivity contribution is -0.0706. The molecule has 2 aromatic rings. The molecule has 27 heavy (non-hydrogen) atoms. The van der Waals surface area contributed by atoms with Crippen LogP contribution in [-0.4, -0.2) is 43.8 Å². The first-order valence-corrected chi connectivity index (χ1v) is 9.95. The van der Waals surface area contributed by atoms with Gasteiger partial charge in [0.05, 0.1) is 24.9 Å². The first-order chi connectivity index (χ1) is 12.7. The maximum absolute atomic E-state index is 5.92. The van der Waals surface area contributed by atoms with E-state index < -0.39 is 0 Å². The van der Waals surface area contributed by atoms with E-state index in [0.29, 0.717) is 6.61 Å². The lowest BCUT2D eigenvalue weighted by Gasteiger charge is -2.35. The zero-order valence-corrected chi connectivity index (χ0v) is 17.1. The summed E-state index contributed by atoms with van der Waals surface area (Å²) in [5.41, 5.74) is 3.16. The molecule has 4 rings (SSSR count). The van der Waals surface area contributed by atoms with E-state index in [9.17, 15) is 0 Å². The summed E-state index contributed by atoms with van der Waals surface area (Å²) in [4.78, 5) is 4.94. The normalized spacial score (nSPS) is 22.6. The van der Waals surface area contributed by atoms with Crippen molar-refractivity contribution in [2.24, 2.45) is 5.41 Å². The quantitative estimate of drug-likeness (QED) is 0.891. The second kappa shape index (κ2) is 6.71. The van der Waals surface area contributed by atoms with Crippen LogP contribution < -0.4 is 0 Å². The maximum atomic E-state index is 5.92. The first-order valence-electron chi connectivity index (χ1n) is 9.95. The summed E-state index contributed by atoms with van der Waals surface area (Å²) < 4.78 is 13.7. The van der Waals surface area contributed by atoms with Crippen molar-refractivity contribution in [1.82, 2.24) is 25.0 Å². The molecule has 1 saturated heterocycles. The van der Waals surface area contributed by atoms with E-state index >= 15 is 0 Å². The molecule has 7 heteroatoms. The minimum Gasteiger partial charge on any atom is -0.376 e. The second-order valence-corrected chi connectivity index (χ2v) is 9.62. The van der Waals surface area contributed by atoms with E-state index in [-0.39, 0.29) is 17.1 Å². The van der Waals surface area contributed by atoms with Crippen molar-refractivity contribution >= 4 is 0 Å². The van der Waals surface area contributed by atoms with Crippen molar-refractivity contribution in [3.63, 3.8) is 0 Å². The lowest BCUT2D eigenvalue weighted by Crippen LogP contribution is -2.35. The Morgan fingerprint density at radius 3 is 2.81 bits per heavy atom. The van der Waals surface area contributed by atoms with Crippen molar-refractivity contribution in [3.8, 4) is 11.5 Å². The third kappa shape index (κ3) is 3.94. The van der Waals surface area contributed by atoms with Crippen LogP contribution in [0.3, 0.4) is 0 Å². The summed E-state index contributed by atoms with van der Waals surface area (Å²) in [5, 5.41) is 12.7. The SMILES string of the molecule is CC(C)(C)Cc1nc(-c2n[nH]c3c2COCC3)n(C2CCOC(C)(C)C2)n1. The highest BCUT2D eigenvalue weighted by atomic mass is 16.5. The summed E-state index contributed by atoms with van der Waals surface area (Å²) in [7, 11) is 0. The number of aromatic amines is 1. The number of fused-ring (bicyclic) bond motifs is 1. The van der Waals surface area contributed by atoms with Crippen molar-refractivity contribution in [3.05, 3.63) is 17.1 Å². The van der Waals surface area contributed by atoms with Gasteiger partial charge in [-0.3, -0.25) is 5.10 Å². The number of nitrogens with one attached hydrogen (secondary N) is 1. The van der Waals surface area contributed by atoms with Crippen LogP contribution >= 0.6 is 0 Å². The van der Waals surface area contributed by atoms with Crippen LogP contribution in [0.25, 0.3) is 11.5 Å². The Bertz CT molecular complexity index is 815. The van der Waals surface area contributed by atoms with Crippen LogP contribution in [-0.2, 0) is 28.9 Å². The summed E-state index contributed by atoms with van der Waals surface area (Å²) in [6.45, 7) is 13.0. The zero-order chi connectivity index (χ0) is 19.2. The van der Waals surface area contributed by atoms with Crippen molar-refractivity contribution in [1.29, 1.82) is 0 Å². The third-order valence-corrected chi connectivity index (χ3v) is 5.29. The first kappa shape index (κ1) is 18.6. The molecule has 0 saturated carbocycles. The Morgan fingerprint density at radius 2 is 2.07 bits per heavy atom. The van der Waals surface area contributed by atoms with E-state index in [4.69, 9.17) is 19.6 Å². The molecule has 4 heterocycles. The number of aromatic nitrogens is 5. The van der Waals surface area contributed by atoms with Gasteiger partial charge in [-0.1, -0.05) is 20.8 Å². The van der Waals surface area contributed by atoms with Gasteiger partial charge in [0.25, 0.3) is 0 Å². The van der Waals surface area contributed by atoms with Crippen LogP contribution in [0.5, 0.6) is 0 Å². The lowest BCUT2D eigenvalue weighted by atomic mass is 9.92. The molecule has 0 aromatic carbocycles. The molecule has 148 valence electrons. The minimum absolute atomic E-state index is 0.131. The van der Waals surface area contributed by atoms with Crippen molar-refractivity contribution < 1.29 is 9.47 Å². The summed E-state index contributed by atoms with van der Waals surface area (Å²) >= 11 is 0. The molecule has 0 amide bonds. The molecule has 2 aromatic heterocycles. The summed E-state index contributed by atoms with van der Waals surface area (Å²) in [6.07, 6.45) is 3.57. The molecule has 0 spiro atoms. The van der Waals surface area contributed by atoms with Gasteiger partial charge in [0.2, 0.25) is 0 Å². The van der Waals surface area contributed by atoms with Gasteiger partial charge in [-0.15, -0.1) is 0 Å². The number of hydrogen-bond acceptors (Lipinski definition) is 5. The van der Waals surface area contributed by atoms with E-state index in [0.717, 1.165) is 67.5 Å². The van der Waals surface area contributed by atoms with Gasteiger partial charge in [0, 0.05) is 30.7 Å². The monoisotopic (exact) mass is 373 g/mol. The van der Waals surface area contributed by atoms with Crippen LogP contribution in [0.1, 0.15) is 70.6 Å². The van der Waals surface area contributed by atoms with E-state index in [1.54, 1.807) is 0 Å². The molecule has 1 atom stereocenters. The van der Waals surface area contributed by atoms with E-state index in [1.165, 1.54) is 0 Å². The van der Waals surface area contributed by atoms with Crippen LogP contribution in [0.4, 0.5) is 0 Å². The average molecular weight is 374 g/mol. The van der Waals surface area contributed by atoms with Crippen molar-refractivity contribution in [2.75, 3.05) is 13.2 Å². The largest absolute Gasteiger partial charge is 0.376 e. The highest BCUT2D eigenvalue weighted by Crippen LogP contribution is 2.36. The number of H-pyrrole nitrogens is 1. The molecule has 0 aliphatic carbocycles. The van der Waals surface area contributed by atoms with Gasteiger partial charge in [0.15, 0.2) is 11.6 Å². The van der Waals surface area contributed by atoms with Crippen LogP contribution in [0.15, 0.2) is 0 Å². The predicted molar refractivity (Wildman–Crippen MR) is 102 cm³/mol. The molecule has 0 radical (unpaired) electrons. The fourth-order valence-corrected chi connectivity index (χ4v) is 4.04. The number of ether oxygens (including phenoxy) is 2. The predicted octanol–water partition coefficient (Wildman–Crippen LogP) is 3.46. The molecule has 2 aliphatic heterocycles. The van der Waals surface area contributed by atoms with Gasteiger partial charge in [0.1, 0.15) is 5.69 Å². The standard InChI is InChI=1S/C20H31N5O2/c1-19(2,3)11-16-21-18(17-14-12-26-8-7-15(14)22-23-17)25(24-16)13-6-9-27-20(4,5)10-13/h13H,6-12H2,1-5H3,(H,22,23). The second-order valence-electron chi connectivity index (χ2n) is 9.62. The Kier molecular flexibility index (Phi) is 4.63. The molecular weight excluding hydrogens is 342 g/mol. The van der Waals surface area contributed by atoms with E-state index in [2.05, 4.69) is 49.5 Å². The fraction of sp³-hybridized carbons (Fsp3) is 0.750. The Balaban J connectivity index is 1.76. The van der Waals surface area contributed by atoms with Crippen molar-refractivity contribution in [2.45, 2.75) is 78.6 Å². The van der Waals surface area contributed by atoms with Gasteiger partial charge >= 0.3 is 0 Å². The molecule has 0 bridgehead atoms. The van der Waals surface area contributed by atoms with Gasteiger partial charge < -0.3 is 9.47 Å². The Morgan fingerprint density at radius 1 is 1.26 bits per heavy atom. The smallest absolute Gasteiger partial charge is 0.179 e. The summed E-state index contributed by atoms with van der Waals surface area (Å²) in [6, 6.07) is 0.266. The highest BCUT2D eigenvalue weighted by molar-refractivity contribution is 5.57. The van der Waals surface area contributed by atoms with Gasteiger partial charge in [-0.2, -0.15) is 10.2 Å². The Labute approximate surface area is 160 Å². The Hall–Kier alpha value is -1.73. The highest BCUT2D eigenvalue weighted by Gasteiger charge is 2.34. The van der Waals surface area contributed by atoms with Gasteiger partial charge in [-0.05, 0) is 32.1 Å². The molecule has 1 fully saturated rings. The molecule has 1 unspecified atom stereocenters. The maximum Gasteiger partial charge on any atom is 0.179 e. The number of rotatable bonds is 3. The molecular formula is C20H31N5O2. The van der Waals surface area contributed by atoms with Crippen LogP contribution in [0.2, 0.25) is 0 Å². The molecule has 1 N–H and O–H groups in total. The molecule has 7 nitrogen and oxygen atoms in total. The number of hydrogen-bond donors (Lipinski definition) is 1. The van der Waals surface area contributed by atoms with Crippen LogP contribution in [0, 0.1) is 5.41 Å². The minimum atomic E-state index is -0.148. The third-order valence-electron chi connectivity index (χ3n) is 5.29. The number of nitrogens with zero attached hydrogens (tertiary/aromatic N) is 4. The zero-order valence-electron chi connectivity index (χ0n) is 17.1. The topological polar surface area (TPSA) is 77.8 Å².